The molecule has 1 saturated carbocycles. The summed E-state index contributed by atoms with van der Waals surface area (Å²) in [6.07, 6.45) is 0. The van der Waals surface area contributed by atoms with Gasteiger partial charge in [0.05, 0.1) is 14.2 Å². The van der Waals surface area contributed by atoms with Crippen LogP contribution in [0, 0.1) is 11.2 Å². The molecule has 1 fully saturated rings. The van der Waals surface area contributed by atoms with Crippen LogP contribution in [0.3, 0.4) is 0 Å². The van der Waals surface area contributed by atoms with Gasteiger partial charge in [0.25, 0.3) is 0 Å². The van der Waals surface area contributed by atoms with E-state index >= 15 is 0 Å². The van der Waals surface area contributed by atoms with Gasteiger partial charge >= 0.3 is 0 Å². The Morgan fingerprint density at radius 3 is 2.24 bits per heavy atom. The summed E-state index contributed by atoms with van der Waals surface area (Å²) in [4.78, 5) is 0. The van der Waals surface area contributed by atoms with E-state index in [0.29, 0.717) is 5.75 Å². The number of benzene rings is 1. The van der Waals surface area contributed by atoms with E-state index in [9.17, 15) is 4.39 Å². The Kier molecular flexibility index (Phi) is 2.78. The molecule has 2 rings (SSSR count). The molecule has 0 bridgehead atoms. The van der Waals surface area contributed by atoms with Crippen LogP contribution >= 0.6 is 0 Å². The van der Waals surface area contributed by atoms with Gasteiger partial charge in [-0.3, -0.25) is 0 Å². The zero-order valence-corrected chi connectivity index (χ0v) is 10.6. The Bertz CT molecular complexity index is 445. The summed E-state index contributed by atoms with van der Waals surface area (Å²) in [7, 11) is 3.03. The molecule has 4 heteroatoms. The second-order valence-electron chi connectivity index (χ2n) is 5.02. The third-order valence-electron chi connectivity index (χ3n) is 3.75. The molecule has 0 aliphatic heterocycles. The van der Waals surface area contributed by atoms with E-state index < -0.39 is 0 Å². The molecule has 1 aromatic carbocycles. The van der Waals surface area contributed by atoms with Crippen molar-refractivity contribution in [3.05, 3.63) is 23.5 Å². The lowest BCUT2D eigenvalue weighted by Crippen LogP contribution is -2.07. The molecule has 0 spiro atoms. The normalized spacial score (nSPS) is 25.5. The van der Waals surface area contributed by atoms with Crippen LogP contribution in [0.4, 0.5) is 4.39 Å². The monoisotopic (exact) mass is 239 g/mol. The smallest absolute Gasteiger partial charge is 0.165 e. The lowest BCUT2D eigenvalue weighted by Gasteiger charge is -2.14. The molecular weight excluding hydrogens is 221 g/mol. The van der Waals surface area contributed by atoms with Gasteiger partial charge in [0.1, 0.15) is 5.75 Å². The zero-order chi connectivity index (χ0) is 12.8. The molecule has 0 amide bonds. The third-order valence-corrected chi connectivity index (χ3v) is 3.75. The van der Waals surface area contributed by atoms with Crippen molar-refractivity contribution in [3.8, 4) is 11.5 Å². The second kappa shape index (κ2) is 3.88. The highest BCUT2D eigenvalue weighted by molar-refractivity contribution is 5.53. The van der Waals surface area contributed by atoms with E-state index in [1.165, 1.54) is 13.2 Å². The number of hydrogen-bond donors (Lipinski definition) is 1. The zero-order valence-electron chi connectivity index (χ0n) is 10.6. The Labute approximate surface area is 101 Å². The van der Waals surface area contributed by atoms with Crippen LogP contribution in [-0.2, 0) is 0 Å². The number of methoxy groups -OCH3 is 2. The van der Waals surface area contributed by atoms with Gasteiger partial charge in [-0.25, -0.2) is 4.39 Å². The fourth-order valence-corrected chi connectivity index (χ4v) is 2.46. The molecule has 0 saturated heterocycles. The third kappa shape index (κ3) is 1.67. The van der Waals surface area contributed by atoms with Crippen molar-refractivity contribution < 1.29 is 13.9 Å². The second-order valence-corrected chi connectivity index (χ2v) is 5.02. The molecule has 2 atom stereocenters. The van der Waals surface area contributed by atoms with Gasteiger partial charge in [-0.15, -0.1) is 0 Å². The van der Waals surface area contributed by atoms with E-state index in [-0.39, 0.29) is 28.9 Å². The van der Waals surface area contributed by atoms with Crippen LogP contribution in [0.25, 0.3) is 0 Å². The van der Waals surface area contributed by atoms with Gasteiger partial charge in [0, 0.05) is 17.5 Å². The van der Waals surface area contributed by atoms with E-state index in [4.69, 9.17) is 15.2 Å². The summed E-state index contributed by atoms with van der Waals surface area (Å²) in [5.41, 5.74) is 6.74. The first-order valence-corrected chi connectivity index (χ1v) is 5.61. The molecule has 2 unspecified atom stereocenters. The summed E-state index contributed by atoms with van der Waals surface area (Å²) >= 11 is 0. The predicted molar refractivity (Wildman–Crippen MR) is 64.0 cm³/mol. The van der Waals surface area contributed by atoms with E-state index in [1.54, 1.807) is 13.2 Å². The molecule has 1 aliphatic carbocycles. The van der Waals surface area contributed by atoms with Crippen molar-refractivity contribution >= 4 is 0 Å². The van der Waals surface area contributed by atoms with E-state index in [1.807, 2.05) is 0 Å². The standard InChI is InChI=1S/C13H18FNO2/c1-13(2)10(12(13)15)9-8(16-3)6-5-7(14)11(9)17-4/h5-6,10,12H,15H2,1-4H3. The van der Waals surface area contributed by atoms with Crippen molar-refractivity contribution in [2.45, 2.75) is 25.8 Å². The summed E-state index contributed by atoms with van der Waals surface area (Å²) < 4.78 is 24.1. The fourth-order valence-electron chi connectivity index (χ4n) is 2.46. The van der Waals surface area contributed by atoms with Crippen LogP contribution in [0.2, 0.25) is 0 Å². The molecule has 0 heterocycles. The van der Waals surface area contributed by atoms with Crippen LogP contribution in [0.5, 0.6) is 11.5 Å². The molecule has 0 aromatic heterocycles. The van der Waals surface area contributed by atoms with Crippen molar-refractivity contribution in [3.63, 3.8) is 0 Å². The first-order valence-electron chi connectivity index (χ1n) is 5.61. The van der Waals surface area contributed by atoms with E-state index in [0.717, 1.165) is 5.56 Å². The minimum Gasteiger partial charge on any atom is -0.496 e. The highest BCUT2D eigenvalue weighted by Gasteiger charge is 2.58. The maximum Gasteiger partial charge on any atom is 0.165 e. The summed E-state index contributed by atoms with van der Waals surface area (Å²) in [6, 6.07) is 2.98. The molecule has 94 valence electrons. The molecule has 0 radical (unpaired) electrons. The lowest BCUT2D eigenvalue weighted by atomic mass is 10.0. The van der Waals surface area contributed by atoms with Crippen LogP contribution in [-0.4, -0.2) is 20.3 Å². The SMILES string of the molecule is COc1ccc(F)c(OC)c1C1C(N)C1(C)C. The van der Waals surface area contributed by atoms with Crippen LogP contribution in [0.15, 0.2) is 12.1 Å². The Hall–Kier alpha value is -1.29. The average Bonchev–Trinajstić information content (AvgIpc) is 2.77. The quantitative estimate of drug-likeness (QED) is 0.880. The molecular formula is C13H18FNO2. The van der Waals surface area contributed by atoms with Gasteiger partial charge < -0.3 is 15.2 Å². The number of halogens is 1. The highest BCUT2D eigenvalue weighted by Crippen LogP contribution is 2.61. The highest BCUT2D eigenvalue weighted by atomic mass is 19.1. The fraction of sp³-hybridized carbons (Fsp3) is 0.538. The van der Waals surface area contributed by atoms with Crippen LogP contribution in [0.1, 0.15) is 25.3 Å². The largest absolute Gasteiger partial charge is 0.496 e. The molecule has 17 heavy (non-hydrogen) atoms. The minimum absolute atomic E-state index is 0.00657. The maximum absolute atomic E-state index is 13.7. The number of rotatable bonds is 3. The molecule has 1 aliphatic rings. The number of nitrogens with two attached hydrogens (primary N) is 1. The predicted octanol–water partition coefficient (Wildman–Crippen LogP) is 2.29. The molecule has 3 nitrogen and oxygen atoms in total. The summed E-state index contributed by atoms with van der Waals surface area (Å²) in [6.45, 7) is 4.12. The summed E-state index contributed by atoms with van der Waals surface area (Å²) in [5.74, 6) is 0.575. The first-order chi connectivity index (χ1) is 7.95. The van der Waals surface area contributed by atoms with Crippen molar-refractivity contribution in [1.82, 2.24) is 0 Å². The lowest BCUT2D eigenvalue weighted by molar-refractivity contribution is 0.363. The first kappa shape index (κ1) is 12.2. The number of ether oxygens (including phenoxy) is 2. The maximum atomic E-state index is 13.7. The summed E-state index contributed by atoms with van der Waals surface area (Å²) in [5, 5.41) is 0. The molecule has 2 N–H and O–H groups in total. The topological polar surface area (TPSA) is 44.5 Å². The van der Waals surface area contributed by atoms with Crippen molar-refractivity contribution in [2.75, 3.05) is 14.2 Å². The van der Waals surface area contributed by atoms with Crippen molar-refractivity contribution in [2.24, 2.45) is 11.1 Å². The van der Waals surface area contributed by atoms with Gasteiger partial charge in [0.2, 0.25) is 0 Å². The van der Waals surface area contributed by atoms with Crippen LogP contribution < -0.4 is 15.2 Å². The van der Waals surface area contributed by atoms with Gasteiger partial charge in [-0.2, -0.15) is 0 Å². The van der Waals surface area contributed by atoms with Gasteiger partial charge in [0.15, 0.2) is 11.6 Å². The Morgan fingerprint density at radius 1 is 1.24 bits per heavy atom. The van der Waals surface area contributed by atoms with Crippen molar-refractivity contribution in [1.29, 1.82) is 0 Å². The average molecular weight is 239 g/mol. The minimum atomic E-state index is -0.377. The Morgan fingerprint density at radius 2 is 1.82 bits per heavy atom. The number of hydrogen-bond acceptors (Lipinski definition) is 3. The van der Waals surface area contributed by atoms with Gasteiger partial charge in [-0.05, 0) is 17.5 Å². The van der Waals surface area contributed by atoms with E-state index in [2.05, 4.69) is 13.8 Å². The molecule has 1 aromatic rings. The van der Waals surface area contributed by atoms with Gasteiger partial charge in [-0.1, -0.05) is 13.8 Å². The Balaban J connectivity index is 2.55.